The highest BCUT2D eigenvalue weighted by Gasteiger charge is 2.19. The van der Waals surface area contributed by atoms with Gasteiger partial charge in [0.1, 0.15) is 0 Å². The highest BCUT2D eigenvalue weighted by molar-refractivity contribution is 7.32. The molecule has 0 fully saturated rings. The van der Waals surface area contributed by atoms with Crippen LogP contribution >= 0.6 is 45.3 Å². The van der Waals surface area contributed by atoms with Crippen LogP contribution in [0.5, 0.6) is 0 Å². The topological polar surface area (TPSA) is 39.1 Å². The van der Waals surface area contributed by atoms with Gasteiger partial charge in [-0.15, -0.1) is 45.3 Å². The molecule has 31 heavy (non-hydrogen) atoms. The third-order valence-electron chi connectivity index (χ3n) is 5.10. The maximum atomic E-state index is 11.4. The Kier molecular flexibility index (Phi) is 4.50. The van der Waals surface area contributed by atoms with Crippen LogP contribution in [0.1, 0.15) is 19.3 Å². The SMILES string of the molecule is O=Cc1ccc(-c2ccc(-c3cc4c(s3)c3sc(C=O)cc3n4-c3ccccc3)s2)s1. The first kappa shape index (κ1) is 18.9. The van der Waals surface area contributed by atoms with Crippen LogP contribution in [-0.4, -0.2) is 17.1 Å². The minimum absolute atomic E-state index is 0.744. The van der Waals surface area contributed by atoms with E-state index in [1.165, 1.54) is 36.2 Å². The van der Waals surface area contributed by atoms with Crippen molar-refractivity contribution < 1.29 is 9.59 Å². The predicted molar refractivity (Wildman–Crippen MR) is 134 cm³/mol. The summed E-state index contributed by atoms with van der Waals surface area (Å²) in [4.78, 5) is 28.6. The van der Waals surface area contributed by atoms with Crippen molar-refractivity contribution in [3.05, 3.63) is 76.5 Å². The third-order valence-corrected chi connectivity index (χ3v) is 9.92. The van der Waals surface area contributed by atoms with Crippen molar-refractivity contribution in [3.63, 3.8) is 0 Å². The van der Waals surface area contributed by atoms with E-state index in [1.807, 2.05) is 36.4 Å². The van der Waals surface area contributed by atoms with Crippen molar-refractivity contribution in [2.24, 2.45) is 0 Å². The zero-order chi connectivity index (χ0) is 20.9. The molecule has 6 aromatic rings. The molecule has 0 atom stereocenters. The fourth-order valence-corrected chi connectivity index (χ4v) is 8.00. The highest BCUT2D eigenvalue weighted by atomic mass is 32.1. The molecule has 0 spiro atoms. The number of aromatic nitrogens is 1. The van der Waals surface area contributed by atoms with Crippen LogP contribution in [0.4, 0.5) is 0 Å². The van der Waals surface area contributed by atoms with E-state index in [4.69, 9.17) is 0 Å². The number of hydrogen-bond acceptors (Lipinski definition) is 6. The summed E-state index contributed by atoms with van der Waals surface area (Å²) >= 11 is 6.58. The summed E-state index contributed by atoms with van der Waals surface area (Å²) in [5.41, 5.74) is 3.34. The van der Waals surface area contributed by atoms with Gasteiger partial charge < -0.3 is 4.57 Å². The van der Waals surface area contributed by atoms with Crippen molar-refractivity contribution in [1.82, 2.24) is 4.57 Å². The summed E-state index contributed by atoms with van der Waals surface area (Å²) in [6.07, 6.45) is 1.83. The predicted octanol–water partition coefficient (Wildman–Crippen LogP) is 7.99. The summed E-state index contributed by atoms with van der Waals surface area (Å²) in [6, 6.07) is 22.7. The first-order chi connectivity index (χ1) is 15.2. The molecule has 3 nitrogen and oxygen atoms in total. The maximum absolute atomic E-state index is 11.4. The molecule has 5 aromatic heterocycles. The van der Waals surface area contributed by atoms with Gasteiger partial charge in [0.05, 0.1) is 30.2 Å². The average molecular weight is 476 g/mol. The number of carbonyl (C=O) groups excluding carboxylic acids is 2. The first-order valence-corrected chi connectivity index (χ1v) is 12.8. The molecule has 150 valence electrons. The van der Waals surface area contributed by atoms with E-state index in [9.17, 15) is 9.59 Å². The van der Waals surface area contributed by atoms with Gasteiger partial charge in [-0.3, -0.25) is 9.59 Å². The second-order valence-corrected chi connectivity index (χ2v) is 11.3. The van der Waals surface area contributed by atoms with Crippen LogP contribution < -0.4 is 0 Å². The molecule has 1 aromatic carbocycles. The summed E-state index contributed by atoms with van der Waals surface area (Å²) in [5, 5.41) is 0. The summed E-state index contributed by atoms with van der Waals surface area (Å²) in [6.45, 7) is 0. The molecule has 0 radical (unpaired) electrons. The second kappa shape index (κ2) is 7.39. The van der Waals surface area contributed by atoms with E-state index in [2.05, 4.69) is 34.9 Å². The molecule has 0 aliphatic rings. The number of benzene rings is 1. The smallest absolute Gasteiger partial charge is 0.160 e. The van der Waals surface area contributed by atoms with Crippen molar-refractivity contribution in [2.45, 2.75) is 0 Å². The maximum Gasteiger partial charge on any atom is 0.160 e. The van der Waals surface area contributed by atoms with Gasteiger partial charge in [0, 0.05) is 25.2 Å². The van der Waals surface area contributed by atoms with Crippen LogP contribution in [0.3, 0.4) is 0 Å². The Bertz CT molecular complexity index is 1580. The Balaban J connectivity index is 1.52. The van der Waals surface area contributed by atoms with Crippen LogP contribution in [0.15, 0.2) is 66.7 Å². The number of aldehydes is 2. The zero-order valence-corrected chi connectivity index (χ0v) is 19.2. The summed E-state index contributed by atoms with van der Waals surface area (Å²) < 4.78 is 4.61. The molecular formula is C24H13NO2S4. The van der Waals surface area contributed by atoms with Crippen LogP contribution in [0.25, 0.3) is 45.6 Å². The van der Waals surface area contributed by atoms with Crippen molar-refractivity contribution >= 4 is 78.4 Å². The Morgan fingerprint density at radius 2 is 1.23 bits per heavy atom. The number of rotatable bonds is 5. The van der Waals surface area contributed by atoms with Gasteiger partial charge in [0.2, 0.25) is 0 Å². The van der Waals surface area contributed by atoms with Gasteiger partial charge in [-0.1, -0.05) is 18.2 Å². The number of para-hydroxylation sites is 1. The summed E-state index contributed by atoms with van der Waals surface area (Å²) in [7, 11) is 0. The number of carbonyl (C=O) groups is 2. The molecule has 0 aliphatic heterocycles. The van der Waals surface area contributed by atoms with Crippen molar-refractivity contribution in [1.29, 1.82) is 0 Å². The van der Waals surface area contributed by atoms with Gasteiger partial charge in [-0.2, -0.15) is 0 Å². The number of hydrogen-bond donors (Lipinski definition) is 0. The zero-order valence-electron chi connectivity index (χ0n) is 15.9. The molecule has 6 rings (SSSR count). The Morgan fingerprint density at radius 1 is 0.581 bits per heavy atom. The van der Waals surface area contributed by atoms with E-state index in [0.717, 1.165) is 43.1 Å². The van der Waals surface area contributed by atoms with Gasteiger partial charge in [-0.05, 0) is 48.5 Å². The highest BCUT2D eigenvalue weighted by Crippen LogP contribution is 2.46. The minimum Gasteiger partial charge on any atom is -0.307 e. The molecule has 0 amide bonds. The second-order valence-electron chi connectivity index (χ2n) is 6.96. The fourth-order valence-electron chi connectivity index (χ4n) is 3.75. The Hall–Kier alpha value is -2.84. The third kappa shape index (κ3) is 3.04. The normalized spacial score (nSPS) is 11.5. The number of thiophene rings is 4. The quantitative estimate of drug-likeness (QED) is 0.237. The summed E-state index contributed by atoms with van der Waals surface area (Å²) in [5.74, 6) is 0. The van der Waals surface area contributed by atoms with E-state index in [-0.39, 0.29) is 0 Å². The molecule has 7 heteroatoms. The van der Waals surface area contributed by atoms with E-state index < -0.39 is 0 Å². The molecule has 0 saturated carbocycles. The molecule has 0 saturated heterocycles. The van der Waals surface area contributed by atoms with E-state index in [0.29, 0.717) is 0 Å². The van der Waals surface area contributed by atoms with Gasteiger partial charge in [0.25, 0.3) is 0 Å². The van der Waals surface area contributed by atoms with Gasteiger partial charge in [0.15, 0.2) is 12.6 Å². The van der Waals surface area contributed by atoms with Gasteiger partial charge in [-0.25, -0.2) is 0 Å². The molecule has 0 bridgehead atoms. The lowest BCUT2D eigenvalue weighted by Crippen LogP contribution is -1.91. The molecule has 5 heterocycles. The van der Waals surface area contributed by atoms with Crippen LogP contribution in [0.2, 0.25) is 0 Å². The van der Waals surface area contributed by atoms with E-state index in [1.54, 1.807) is 34.0 Å². The molecule has 0 aliphatic carbocycles. The minimum atomic E-state index is 0.744. The van der Waals surface area contributed by atoms with Crippen molar-refractivity contribution in [3.8, 4) is 25.2 Å². The van der Waals surface area contributed by atoms with Crippen LogP contribution in [-0.2, 0) is 0 Å². The lowest BCUT2D eigenvalue weighted by molar-refractivity contribution is 0.111. The van der Waals surface area contributed by atoms with Gasteiger partial charge >= 0.3 is 0 Å². The lowest BCUT2D eigenvalue weighted by atomic mass is 10.3. The average Bonchev–Trinajstić information content (AvgIpc) is 3.60. The first-order valence-electron chi connectivity index (χ1n) is 9.49. The monoisotopic (exact) mass is 475 g/mol. The van der Waals surface area contributed by atoms with Crippen molar-refractivity contribution in [2.75, 3.05) is 0 Å². The number of nitrogens with zero attached hydrogens (tertiary/aromatic N) is 1. The van der Waals surface area contributed by atoms with E-state index >= 15 is 0 Å². The molecular weight excluding hydrogens is 463 g/mol. The Morgan fingerprint density at radius 3 is 1.97 bits per heavy atom. The Labute approximate surface area is 193 Å². The lowest BCUT2D eigenvalue weighted by Gasteiger charge is -2.05. The van der Waals surface area contributed by atoms with Crippen LogP contribution in [0, 0.1) is 0 Å². The fraction of sp³-hybridized carbons (Fsp3) is 0. The largest absolute Gasteiger partial charge is 0.307 e. The number of fused-ring (bicyclic) bond motifs is 3. The molecule has 0 N–H and O–H groups in total. The molecule has 0 unspecified atom stereocenters. The standard InChI is InChI=1S/C24H13NO2S4/c26-12-15-6-7-19(28-15)20-8-9-21(30-20)22-11-18-24(31-22)23-17(10-16(13-27)29-23)25(18)14-4-2-1-3-5-14/h1-13H.